The molecule has 2 atom stereocenters. The number of nitrogens with zero attached hydrogens (tertiary/aromatic N) is 1. The fourth-order valence-corrected chi connectivity index (χ4v) is 2.90. The zero-order chi connectivity index (χ0) is 13.0. The van der Waals surface area contributed by atoms with Crippen molar-refractivity contribution in [3.05, 3.63) is 23.7 Å². The van der Waals surface area contributed by atoms with Crippen LogP contribution in [0.1, 0.15) is 51.4 Å². The monoisotopic (exact) mass is 250 g/mol. The van der Waals surface area contributed by atoms with E-state index in [1.807, 2.05) is 6.26 Å². The Kier molecular flexibility index (Phi) is 4.84. The predicted molar refractivity (Wildman–Crippen MR) is 74.4 cm³/mol. The summed E-state index contributed by atoms with van der Waals surface area (Å²) >= 11 is 0. The van der Waals surface area contributed by atoms with Crippen LogP contribution in [0.5, 0.6) is 0 Å². The summed E-state index contributed by atoms with van der Waals surface area (Å²) in [6.45, 7) is 9.62. The molecule has 3 heteroatoms. The molecule has 0 amide bonds. The molecule has 2 heterocycles. The third kappa shape index (κ3) is 3.15. The Morgan fingerprint density at radius 2 is 2.22 bits per heavy atom. The number of likely N-dealkylation sites (tertiary alicyclic amines) is 1. The standard InChI is InChI=1S/C15H26N2O/c1-4-14-7-6-12(3)17(14)10-15-8-13(11-18-15)9-16-5-2/h8,11-12,14,16H,4-7,9-10H2,1-3H3. The van der Waals surface area contributed by atoms with E-state index in [2.05, 4.69) is 37.1 Å². The molecule has 1 aromatic heterocycles. The molecule has 1 N–H and O–H groups in total. The van der Waals surface area contributed by atoms with E-state index < -0.39 is 0 Å². The van der Waals surface area contributed by atoms with Crippen molar-refractivity contribution in [3.63, 3.8) is 0 Å². The van der Waals surface area contributed by atoms with Gasteiger partial charge in [-0.3, -0.25) is 4.90 Å². The van der Waals surface area contributed by atoms with Gasteiger partial charge >= 0.3 is 0 Å². The smallest absolute Gasteiger partial charge is 0.118 e. The molecule has 0 saturated carbocycles. The Morgan fingerprint density at radius 3 is 2.94 bits per heavy atom. The van der Waals surface area contributed by atoms with E-state index >= 15 is 0 Å². The van der Waals surface area contributed by atoms with Crippen molar-refractivity contribution < 1.29 is 4.42 Å². The molecule has 1 aliphatic rings. The molecule has 2 unspecified atom stereocenters. The third-order valence-corrected chi connectivity index (χ3v) is 4.05. The third-order valence-electron chi connectivity index (χ3n) is 4.05. The summed E-state index contributed by atoms with van der Waals surface area (Å²) in [5, 5.41) is 3.33. The van der Waals surface area contributed by atoms with Crippen LogP contribution in [0.4, 0.5) is 0 Å². The molecular weight excluding hydrogens is 224 g/mol. The molecule has 1 saturated heterocycles. The molecular formula is C15H26N2O. The van der Waals surface area contributed by atoms with Crippen molar-refractivity contribution in [2.45, 2.75) is 65.2 Å². The highest BCUT2D eigenvalue weighted by Crippen LogP contribution is 2.28. The van der Waals surface area contributed by atoms with E-state index in [9.17, 15) is 0 Å². The van der Waals surface area contributed by atoms with Crippen molar-refractivity contribution in [2.75, 3.05) is 6.54 Å². The number of nitrogens with one attached hydrogen (secondary N) is 1. The van der Waals surface area contributed by atoms with E-state index in [4.69, 9.17) is 4.42 Å². The number of rotatable bonds is 6. The van der Waals surface area contributed by atoms with Gasteiger partial charge in [0.25, 0.3) is 0 Å². The van der Waals surface area contributed by atoms with Gasteiger partial charge in [0.1, 0.15) is 5.76 Å². The first-order valence-corrected chi connectivity index (χ1v) is 7.27. The highest BCUT2D eigenvalue weighted by atomic mass is 16.3. The van der Waals surface area contributed by atoms with Gasteiger partial charge in [-0.25, -0.2) is 0 Å². The van der Waals surface area contributed by atoms with Gasteiger partial charge in [0.05, 0.1) is 12.8 Å². The van der Waals surface area contributed by atoms with Gasteiger partial charge in [-0.2, -0.15) is 0 Å². The van der Waals surface area contributed by atoms with Crippen molar-refractivity contribution in [1.82, 2.24) is 10.2 Å². The van der Waals surface area contributed by atoms with Gasteiger partial charge in [-0.15, -0.1) is 0 Å². The van der Waals surface area contributed by atoms with Crippen LogP contribution in [-0.2, 0) is 13.1 Å². The molecule has 102 valence electrons. The van der Waals surface area contributed by atoms with Gasteiger partial charge in [0, 0.05) is 24.2 Å². The molecule has 0 radical (unpaired) electrons. The first-order valence-electron chi connectivity index (χ1n) is 7.27. The van der Waals surface area contributed by atoms with E-state index in [-0.39, 0.29) is 0 Å². The van der Waals surface area contributed by atoms with Gasteiger partial charge in [0.2, 0.25) is 0 Å². The molecule has 0 aromatic carbocycles. The molecule has 1 aromatic rings. The fourth-order valence-electron chi connectivity index (χ4n) is 2.90. The second kappa shape index (κ2) is 6.39. The Bertz CT molecular complexity index is 361. The van der Waals surface area contributed by atoms with Gasteiger partial charge < -0.3 is 9.73 Å². The maximum Gasteiger partial charge on any atom is 0.118 e. The number of hydrogen-bond donors (Lipinski definition) is 1. The molecule has 1 fully saturated rings. The van der Waals surface area contributed by atoms with Crippen LogP contribution in [0, 0.1) is 0 Å². The minimum atomic E-state index is 0.692. The van der Waals surface area contributed by atoms with Crippen LogP contribution in [0.25, 0.3) is 0 Å². The van der Waals surface area contributed by atoms with Gasteiger partial charge in [-0.05, 0) is 38.8 Å². The predicted octanol–water partition coefficient (Wildman–Crippen LogP) is 3.15. The Morgan fingerprint density at radius 1 is 1.39 bits per heavy atom. The largest absolute Gasteiger partial charge is 0.468 e. The van der Waals surface area contributed by atoms with Crippen LogP contribution in [0.2, 0.25) is 0 Å². The second-order valence-corrected chi connectivity index (χ2v) is 5.36. The SMILES string of the molecule is CCNCc1coc(CN2C(C)CCC2CC)c1. The van der Waals surface area contributed by atoms with E-state index in [1.54, 1.807) is 0 Å². The topological polar surface area (TPSA) is 28.4 Å². The van der Waals surface area contributed by atoms with Crippen LogP contribution < -0.4 is 5.32 Å². The maximum atomic E-state index is 5.68. The first kappa shape index (κ1) is 13.6. The normalized spacial score (nSPS) is 24.8. The van der Waals surface area contributed by atoms with Crippen molar-refractivity contribution >= 4 is 0 Å². The summed E-state index contributed by atoms with van der Waals surface area (Å²) in [5.74, 6) is 1.11. The van der Waals surface area contributed by atoms with Gasteiger partial charge in [0.15, 0.2) is 0 Å². The number of hydrogen-bond acceptors (Lipinski definition) is 3. The number of furan rings is 1. The molecule has 2 rings (SSSR count). The van der Waals surface area contributed by atoms with Crippen LogP contribution in [0.15, 0.2) is 16.7 Å². The molecule has 0 aliphatic carbocycles. The Hall–Kier alpha value is -0.800. The van der Waals surface area contributed by atoms with Crippen molar-refractivity contribution in [1.29, 1.82) is 0 Å². The fraction of sp³-hybridized carbons (Fsp3) is 0.733. The lowest BCUT2D eigenvalue weighted by molar-refractivity contribution is 0.175. The molecule has 18 heavy (non-hydrogen) atoms. The second-order valence-electron chi connectivity index (χ2n) is 5.36. The minimum absolute atomic E-state index is 0.692. The minimum Gasteiger partial charge on any atom is -0.468 e. The molecule has 1 aliphatic heterocycles. The molecule has 0 spiro atoms. The summed E-state index contributed by atoms with van der Waals surface area (Å²) in [6.07, 6.45) is 5.79. The highest BCUT2D eigenvalue weighted by molar-refractivity contribution is 5.13. The van der Waals surface area contributed by atoms with E-state index in [1.165, 1.54) is 24.8 Å². The van der Waals surface area contributed by atoms with Crippen LogP contribution >= 0.6 is 0 Å². The lowest BCUT2D eigenvalue weighted by Gasteiger charge is -2.26. The zero-order valence-corrected chi connectivity index (χ0v) is 11.9. The van der Waals surface area contributed by atoms with Crippen molar-refractivity contribution in [3.8, 4) is 0 Å². The Balaban J connectivity index is 1.93. The van der Waals surface area contributed by atoms with E-state index in [0.29, 0.717) is 6.04 Å². The van der Waals surface area contributed by atoms with E-state index in [0.717, 1.165) is 31.4 Å². The maximum absolute atomic E-state index is 5.68. The van der Waals surface area contributed by atoms with Crippen LogP contribution in [-0.4, -0.2) is 23.5 Å². The summed E-state index contributed by atoms with van der Waals surface area (Å²) in [5.41, 5.74) is 1.26. The summed E-state index contributed by atoms with van der Waals surface area (Å²) < 4.78 is 5.68. The molecule has 3 nitrogen and oxygen atoms in total. The van der Waals surface area contributed by atoms with Crippen LogP contribution in [0.3, 0.4) is 0 Å². The van der Waals surface area contributed by atoms with Crippen molar-refractivity contribution in [2.24, 2.45) is 0 Å². The Labute approximate surface area is 111 Å². The lowest BCUT2D eigenvalue weighted by atomic mass is 10.1. The highest BCUT2D eigenvalue weighted by Gasteiger charge is 2.29. The summed E-state index contributed by atoms with van der Waals surface area (Å²) in [6, 6.07) is 3.63. The average Bonchev–Trinajstić information content (AvgIpc) is 2.96. The summed E-state index contributed by atoms with van der Waals surface area (Å²) in [7, 11) is 0. The lowest BCUT2D eigenvalue weighted by Crippen LogP contribution is -2.33. The summed E-state index contributed by atoms with van der Waals surface area (Å²) in [4.78, 5) is 2.59. The van der Waals surface area contributed by atoms with Gasteiger partial charge in [-0.1, -0.05) is 13.8 Å². The average molecular weight is 250 g/mol. The first-order chi connectivity index (χ1) is 8.74. The zero-order valence-electron chi connectivity index (χ0n) is 11.9. The molecule has 0 bridgehead atoms. The quantitative estimate of drug-likeness (QED) is 0.840.